The summed E-state index contributed by atoms with van der Waals surface area (Å²) in [7, 11) is -3.67. The number of carbonyl (C=O) groups is 1. The number of hydrogen-bond donors (Lipinski definition) is 1. The van der Waals surface area contributed by atoms with Crippen LogP contribution in [0.2, 0.25) is 0 Å². The Labute approximate surface area is 124 Å². The molecule has 2 atom stereocenters. The summed E-state index contributed by atoms with van der Waals surface area (Å²) in [5, 5.41) is 0. The first-order valence-electron chi connectivity index (χ1n) is 5.62. The Kier molecular flexibility index (Phi) is 6.24. The number of ether oxygens (including phenoxy) is 1. The Hall–Kier alpha value is -0.840. The standard InChI is InChI=1S/C10H16N2O5S3/c1-7(4-5-19(3)14)12-20(15,16)10-8(9(13)17-2)11-6-18-10/h6-7,12H,4-5H2,1-3H3. The molecular formula is C10H16N2O5S3. The molecule has 10 heteroatoms. The van der Waals surface area contributed by atoms with Crippen LogP contribution in [0.3, 0.4) is 0 Å². The number of sulfonamides is 1. The molecule has 7 nitrogen and oxygen atoms in total. The van der Waals surface area contributed by atoms with E-state index in [0.717, 1.165) is 18.4 Å². The topological polar surface area (TPSA) is 102 Å². The first-order valence-corrected chi connectivity index (χ1v) is 9.71. The minimum absolute atomic E-state index is 0.172. The predicted molar refractivity (Wildman–Crippen MR) is 76.8 cm³/mol. The third-order valence-electron chi connectivity index (χ3n) is 2.35. The number of nitrogens with zero attached hydrogens (tertiary/aromatic N) is 1. The van der Waals surface area contributed by atoms with Crippen molar-refractivity contribution in [1.29, 1.82) is 0 Å². The third kappa shape index (κ3) is 4.62. The molecule has 1 rings (SSSR count). The van der Waals surface area contributed by atoms with Gasteiger partial charge in [-0.1, -0.05) is 0 Å². The van der Waals surface area contributed by atoms with Crippen LogP contribution in [0.25, 0.3) is 0 Å². The van der Waals surface area contributed by atoms with Gasteiger partial charge < -0.3 is 4.74 Å². The molecule has 0 spiro atoms. The average Bonchev–Trinajstić information content (AvgIpc) is 2.85. The Balaban J connectivity index is 2.87. The van der Waals surface area contributed by atoms with Gasteiger partial charge in [-0.25, -0.2) is 22.9 Å². The van der Waals surface area contributed by atoms with E-state index in [-0.39, 0.29) is 9.90 Å². The van der Waals surface area contributed by atoms with Gasteiger partial charge in [-0.15, -0.1) is 11.3 Å². The maximum absolute atomic E-state index is 12.2. The predicted octanol–water partition coefficient (Wildman–Crippen LogP) is 0.365. The maximum Gasteiger partial charge on any atom is 0.358 e. The molecule has 0 saturated heterocycles. The zero-order valence-corrected chi connectivity index (χ0v) is 13.7. The van der Waals surface area contributed by atoms with Crippen LogP contribution in [0, 0.1) is 0 Å². The summed E-state index contributed by atoms with van der Waals surface area (Å²) in [5.74, 6) is -0.398. The van der Waals surface area contributed by atoms with Crippen LogP contribution < -0.4 is 4.72 Å². The van der Waals surface area contributed by atoms with Gasteiger partial charge in [0.1, 0.15) is 0 Å². The maximum atomic E-state index is 12.2. The zero-order chi connectivity index (χ0) is 15.3. The van der Waals surface area contributed by atoms with Gasteiger partial charge in [0, 0.05) is 28.9 Å². The van der Waals surface area contributed by atoms with E-state index in [0.29, 0.717) is 12.2 Å². The zero-order valence-electron chi connectivity index (χ0n) is 11.3. The fraction of sp³-hybridized carbons (Fsp3) is 0.600. The molecule has 0 fully saturated rings. The summed E-state index contributed by atoms with van der Waals surface area (Å²) < 4.78 is 42.1. The molecule has 114 valence electrons. The van der Waals surface area contributed by atoms with Crippen LogP contribution in [0.15, 0.2) is 9.72 Å². The van der Waals surface area contributed by atoms with Crippen molar-refractivity contribution in [2.45, 2.75) is 23.6 Å². The number of rotatable bonds is 7. The molecule has 0 aliphatic carbocycles. The normalized spacial score (nSPS) is 14.8. The lowest BCUT2D eigenvalue weighted by atomic mass is 10.3. The molecule has 0 aliphatic heterocycles. The average molecular weight is 340 g/mol. The van der Waals surface area contributed by atoms with Crippen molar-refractivity contribution < 1.29 is 22.2 Å². The van der Waals surface area contributed by atoms with E-state index >= 15 is 0 Å². The van der Waals surface area contributed by atoms with Crippen LogP contribution in [-0.2, 0) is 25.6 Å². The number of hydrogen-bond acceptors (Lipinski definition) is 7. The highest BCUT2D eigenvalue weighted by molar-refractivity contribution is 7.91. The van der Waals surface area contributed by atoms with Crippen LogP contribution >= 0.6 is 11.3 Å². The highest BCUT2D eigenvalue weighted by Crippen LogP contribution is 2.21. The molecule has 0 amide bonds. The summed E-state index contributed by atoms with van der Waals surface area (Å²) in [6.07, 6.45) is 1.99. The minimum Gasteiger partial charge on any atom is -0.464 e. The van der Waals surface area contributed by atoms with Gasteiger partial charge in [-0.05, 0) is 13.3 Å². The molecular weight excluding hydrogens is 324 g/mol. The van der Waals surface area contributed by atoms with Gasteiger partial charge in [0.2, 0.25) is 0 Å². The molecule has 0 radical (unpaired) electrons. The molecule has 1 aromatic rings. The number of aromatic nitrogens is 1. The van der Waals surface area contributed by atoms with E-state index < -0.39 is 32.8 Å². The summed E-state index contributed by atoms with van der Waals surface area (Å²) in [5.41, 5.74) is 1.04. The second-order valence-corrected chi connectivity index (χ2v) is 8.39. The lowest BCUT2D eigenvalue weighted by Crippen LogP contribution is -2.34. The van der Waals surface area contributed by atoms with Gasteiger partial charge >= 0.3 is 5.97 Å². The van der Waals surface area contributed by atoms with E-state index in [1.807, 2.05) is 0 Å². The van der Waals surface area contributed by atoms with E-state index in [9.17, 15) is 17.4 Å². The Bertz CT molecular complexity index is 596. The molecule has 0 bridgehead atoms. The highest BCUT2D eigenvalue weighted by Gasteiger charge is 2.27. The lowest BCUT2D eigenvalue weighted by Gasteiger charge is -2.12. The van der Waals surface area contributed by atoms with Crippen molar-refractivity contribution in [3.63, 3.8) is 0 Å². The molecule has 1 heterocycles. The number of nitrogens with one attached hydrogen (secondary N) is 1. The molecule has 0 saturated carbocycles. The van der Waals surface area contributed by atoms with E-state index in [1.165, 1.54) is 5.51 Å². The van der Waals surface area contributed by atoms with Crippen molar-refractivity contribution in [2.75, 3.05) is 19.1 Å². The van der Waals surface area contributed by atoms with E-state index in [1.54, 1.807) is 13.2 Å². The third-order valence-corrected chi connectivity index (χ3v) is 6.12. The largest absolute Gasteiger partial charge is 0.464 e. The minimum atomic E-state index is -3.84. The van der Waals surface area contributed by atoms with E-state index in [4.69, 9.17) is 0 Å². The first-order chi connectivity index (χ1) is 9.27. The summed E-state index contributed by atoms with van der Waals surface area (Å²) in [6, 6.07) is -0.392. The van der Waals surface area contributed by atoms with E-state index in [2.05, 4.69) is 14.4 Å². The second kappa shape index (κ2) is 7.25. The summed E-state index contributed by atoms with van der Waals surface area (Å²) in [6.45, 7) is 1.67. The Morgan fingerprint density at radius 3 is 2.80 bits per heavy atom. The molecule has 1 N–H and O–H groups in total. The van der Waals surface area contributed by atoms with Crippen molar-refractivity contribution in [2.24, 2.45) is 0 Å². The smallest absolute Gasteiger partial charge is 0.358 e. The lowest BCUT2D eigenvalue weighted by molar-refractivity contribution is 0.0590. The van der Waals surface area contributed by atoms with Gasteiger partial charge in [0.05, 0.1) is 12.6 Å². The SMILES string of the molecule is COC(=O)c1ncsc1S(=O)(=O)NC(C)CCS(C)=O. The van der Waals surface area contributed by atoms with Crippen molar-refractivity contribution in [3.8, 4) is 0 Å². The summed E-state index contributed by atoms with van der Waals surface area (Å²) >= 11 is 0.844. The number of methoxy groups -OCH3 is 1. The van der Waals surface area contributed by atoms with Crippen molar-refractivity contribution in [3.05, 3.63) is 11.2 Å². The number of thiazole rings is 1. The second-order valence-electron chi connectivity index (χ2n) is 4.07. The fourth-order valence-corrected chi connectivity index (χ4v) is 4.49. The molecule has 1 aromatic heterocycles. The fourth-order valence-electron chi connectivity index (χ4n) is 1.38. The monoisotopic (exact) mass is 340 g/mol. The highest BCUT2D eigenvalue weighted by atomic mass is 32.2. The van der Waals surface area contributed by atoms with Crippen LogP contribution in [-0.4, -0.2) is 48.7 Å². The summed E-state index contributed by atoms with van der Waals surface area (Å²) in [4.78, 5) is 15.1. The molecule has 2 unspecified atom stereocenters. The van der Waals surface area contributed by atoms with Gasteiger partial charge in [-0.2, -0.15) is 0 Å². The number of esters is 1. The first kappa shape index (κ1) is 17.2. The van der Waals surface area contributed by atoms with Gasteiger partial charge in [0.15, 0.2) is 9.90 Å². The Morgan fingerprint density at radius 2 is 2.25 bits per heavy atom. The van der Waals surface area contributed by atoms with Crippen LogP contribution in [0.5, 0.6) is 0 Å². The quantitative estimate of drug-likeness (QED) is 0.719. The Morgan fingerprint density at radius 1 is 1.60 bits per heavy atom. The van der Waals surface area contributed by atoms with Crippen molar-refractivity contribution >= 4 is 38.1 Å². The van der Waals surface area contributed by atoms with Gasteiger partial charge in [-0.3, -0.25) is 4.21 Å². The molecule has 0 aliphatic rings. The molecule has 20 heavy (non-hydrogen) atoms. The van der Waals surface area contributed by atoms with Crippen LogP contribution in [0.4, 0.5) is 0 Å². The number of carbonyl (C=O) groups excluding carboxylic acids is 1. The van der Waals surface area contributed by atoms with Crippen molar-refractivity contribution in [1.82, 2.24) is 9.71 Å². The van der Waals surface area contributed by atoms with Gasteiger partial charge in [0.25, 0.3) is 10.0 Å². The molecule has 0 aromatic carbocycles. The van der Waals surface area contributed by atoms with Crippen LogP contribution in [0.1, 0.15) is 23.8 Å².